The molecule has 5 rings (SSSR count). The second-order valence-electron chi connectivity index (χ2n) is 9.27. The van der Waals surface area contributed by atoms with E-state index in [1.54, 1.807) is 32.4 Å². The lowest BCUT2D eigenvalue weighted by atomic mass is 9.90. The molecule has 1 aliphatic rings. The van der Waals surface area contributed by atoms with Crippen molar-refractivity contribution in [3.63, 3.8) is 0 Å². The molecule has 0 aliphatic heterocycles. The number of hydrogen-bond donors (Lipinski definition) is 1. The summed E-state index contributed by atoms with van der Waals surface area (Å²) >= 11 is 15.3. The predicted molar refractivity (Wildman–Crippen MR) is 156 cm³/mol. The fourth-order valence-corrected chi connectivity index (χ4v) is 7.01. The van der Waals surface area contributed by atoms with Crippen molar-refractivity contribution in [1.82, 2.24) is 0 Å². The summed E-state index contributed by atoms with van der Waals surface area (Å²) in [6.07, 6.45) is 0.724. The molecule has 1 unspecified atom stereocenters. The monoisotopic (exact) mass is 585 g/mol. The molecule has 9 heteroatoms. The number of thiophene rings is 2. The van der Waals surface area contributed by atoms with Gasteiger partial charge in [-0.1, -0.05) is 59.6 Å². The summed E-state index contributed by atoms with van der Waals surface area (Å²) in [5.41, 5.74) is 4.83. The molecule has 38 heavy (non-hydrogen) atoms. The maximum atomic E-state index is 12.7. The molecular weight excluding hydrogens is 561 g/mol. The molecule has 1 amide bonds. The van der Waals surface area contributed by atoms with Gasteiger partial charge in [0.25, 0.3) is 0 Å². The van der Waals surface area contributed by atoms with E-state index in [0.29, 0.717) is 20.8 Å². The Labute approximate surface area is 239 Å². The third-order valence-electron chi connectivity index (χ3n) is 6.94. The molecule has 1 atom stereocenters. The number of nitrogens with one attached hydrogen (secondary N) is 1. The zero-order valence-electron chi connectivity index (χ0n) is 21.0. The summed E-state index contributed by atoms with van der Waals surface area (Å²) in [6.45, 7) is 3.44. The van der Waals surface area contributed by atoms with E-state index in [2.05, 4.69) is 5.32 Å². The van der Waals surface area contributed by atoms with Crippen LogP contribution in [-0.4, -0.2) is 19.0 Å². The first kappa shape index (κ1) is 26.8. The van der Waals surface area contributed by atoms with E-state index >= 15 is 0 Å². The summed E-state index contributed by atoms with van der Waals surface area (Å²) in [5.74, 6) is 0.904. The van der Waals surface area contributed by atoms with Crippen LogP contribution >= 0.6 is 45.9 Å². The van der Waals surface area contributed by atoms with Gasteiger partial charge >= 0.3 is 6.09 Å². The van der Waals surface area contributed by atoms with Crippen molar-refractivity contribution in [2.24, 2.45) is 0 Å². The van der Waals surface area contributed by atoms with Gasteiger partial charge in [-0.3, -0.25) is 10.1 Å². The highest BCUT2D eigenvalue weighted by molar-refractivity contribution is 7.20. The van der Waals surface area contributed by atoms with E-state index in [1.165, 1.54) is 22.7 Å². The van der Waals surface area contributed by atoms with Gasteiger partial charge < -0.3 is 9.47 Å². The summed E-state index contributed by atoms with van der Waals surface area (Å²) in [7, 11) is 1.63. The summed E-state index contributed by atoms with van der Waals surface area (Å²) in [5, 5.41) is 7.05. The summed E-state index contributed by atoms with van der Waals surface area (Å²) in [4.78, 5) is 25.6. The highest BCUT2D eigenvalue weighted by Crippen LogP contribution is 2.49. The van der Waals surface area contributed by atoms with Crippen LogP contribution in [0.15, 0.2) is 59.3 Å². The first-order chi connectivity index (χ1) is 18.2. The summed E-state index contributed by atoms with van der Waals surface area (Å²) in [6, 6.07) is 15.7. The number of carbonyl (C=O) groups excluding carboxylic acids is 2. The van der Waals surface area contributed by atoms with Gasteiger partial charge in [0, 0.05) is 16.5 Å². The fourth-order valence-electron chi connectivity index (χ4n) is 4.62. The number of amides is 1. The Morgan fingerprint density at radius 3 is 2.34 bits per heavy atom. The van der Waals surface area contributed by atoms with Gasteiger partial charge in [0.2, 0.25) is 0 Å². The van der Waals surface area contributed by atoms with Crippen LogP contribution < -0.4 is 10.1 Å². The second kappa shape index (κ2) is 10.7. The minimum atomic E-state index is -0.599. The number of rotatable bonds is 8. The third-order valence-corrected chi connectivity index (χ3v) is 9.47. The molecule has 0 radical (unpaired) electrons. The Kier molecular flexibility index (Phi) is 7.56. The van der Waals surface area contributed by atoms with Crippen LogP contribution in [0.1, 0.15) is 43.9 Å². The van der Waals surface area contributed by atoms with Gasteiger partial charge in [-0.15, -0.1) is 11.3 Å². The minimum absolute atomic E-state index is 0.222. The van der Waals surface area contributed by atoms with Crippen molar-refractivity contribution in [1.29, 1.82) is 0 Å². The molecule has 2 aromatic carbocycles. The molecule has 1 fully saturated rings. The van der Waals surface area contributed by atoms with E-state index in [4.69, 9.17) is 32.7 Å². The average Bonchev–Trinajstić information content (AvgIpc) is 3.48. The number of halogens is 2. The van der Waals surface area contributed by atoms with Crippen molar-refractivity contribution in [3.05, 3.63) is 79.8 Å². The Balaban J connectivity index is 1.37. The molecule has 2 heterocycles. The maximum Gasteiger partial charge on any atom is 0.412 e. The molecule has 196 valence electrons. The van der Waals surface area contributed by atoms with E-state index in [1.807, 2.05) is 47.8 Å². The topological polar surface area (TPSA) is 64.6 Å². The summed E-state index contributed by atoms with van der Waals surface area (Å²) < 4.78 is 11.8. The number of hydrogen-bond acceptors (Lipinski definition) is 6. The average molecular weight is 587 g/mol. The molecule has 1 aliphatic carbocycles. The zero-order valence-corrected chi connectivity index (χ0v) is 24.1. The number of ether oxygens (including phenoxy) is 2. The van der Waals surface area contributed by atoms with Crippen LogP contribution in [-0.2, 0) is 14.9 Å². The van der Waals surface area contributed by atoms with Crippen LogP contribution in [0.5, 0.6) is 5.75 Å². The fraction of sp³-hybridized carbons (Fsp3) is 0.241. The number of Topliss-reactive ketones (excluding diaryl/α,β-unsaturated/α-hetero) is 1. The first-order valence-corrected chi connectivity index (χ1v) is 14.5. The Hall–Kier alpha value is -2.84. The second-order valence-corrected chi connectivity index (χ2v) is 12.1. The molecule has 0 bridgehead atoms. The van der Waals surface area contributed by atoms with Gasteiger partial charge in [-0.05, 0) is 60.9 Å². The molecule has 2 aromatic heterocycles. The van der Waals surface area contributed by atoms with Gasteiger partial charge in [0.15, 0.2) is 0 Å². The van der Waals surface area contributed by atoms with Gasteiger partial charge in [0.1, 0.15) is 17.6 Å². The molecule has 1 saturated carbocycles. The van der Waals surface area contributed by atoms with Crippen LogP contribution in [0.4, 0.5) is 10.5 Å². The molecule has 0 spiro atoms. The molecule has 5 nitrogen and oxygen atoms in total. The van der Waals surface area contributed by atoms with Crippen molar-refractivity contribution < 1.29 is 19.1 Å². The highest BCUT2D eigenvalue weighted by atomic mass is 35.5. The molecule has 4 aromatic rings. The maximum absolute atomic E-state index is 12.7. The number of ketones is 1. The smallest absolute Gasteiger partial charge is 0.412 e. The standard InChI is InChI=1S/C29H25Cl2NO4S2/c1-16(22-14-37-15-23(22)30)36-28(34)32-24-13-26(31)38-27(24)19-6-9-21(25(12-19)35-3)18-4-7-20(8-5-18)29(10-11-29)17(2)33/h4-9,12-16H,10-11H2,1-3H3,(H,32,34). The van der Waals surface area contributed by atoms with Crippen molar-refractivity contribution >= 4 is 63.4 Å². The number of benzene rings is 2. The van der Waals surface area contributed by atoms with Gasteiger partial charge in [-0.2, -0.15) is 11.3 Å². The lowest BCUT2D eigenvalue weighted by Crippen LogP contribution is -2.16. The molecule has 0 saturated heterocycles. The van der Waals surface area contributed by atoms with E-state index in [0.717, 1.165) is 45.5 Å². The zero-order chi connectivity index (χ0) is 27.0. The SMILES string of the molecule is COc1cc(-c2sc(Cl)cc2NC(=O)OC(C)c2cscc2Cl)ccc1-c1ccc(C2(C(C)=O)CC2)cc1. The number of methoxy groups -OCH3 is 1. The first-order valence-electron chi connectivity index (χ1n) is 12.0. The highest BCUT2D eigenvalue weighted by Gasteiger charge is 2.48. The molecule has 1 N–H and O–H groups in total. The van der Waals surface area contributed by atoms with Gasteiger partial charge in [0.05, 0.1) is 32.4 Å². The Morgan fingerprint density at radius 1 is 1.03 bits per heavy atom. The van der Waals surface area contributed by atoms with Crippen molar-refractivity contribution in [2.75, 3.05) is 12.4 Å². The Morgan fingerprint density at radius 2 is 1.74 bits per heavy atom. The molecular formula is C29H25Cl2NO4S2. The van der Waals surface area contributed by atoms with Crippen molar-refractivity contribution in [3.8, 4) is 27.3 Å². The van der Waals surface area contributed by atoms with Crippen LogP contribution in [0, 0.1) is 0 Å². The van der Waals surface area contributed by atoms with Crippen LogP contribution in [0.2, 0.25) is 9.36 Å². The van der Waals surface area contributed by atoms with E-state index in [-0.39, 0.29) is 11.2 Å². The van der Waals surface area contributed by atoms with Gasteiger partial charge in [-0.25, -0.2) is 4.79 Å². The number of anilines is 1. The normalized spacial score (nSPS) is 14.6. The quantitative estimate of drug-likeness (QED) is 0.223. The third kappa shape index (κ3) is 5.21. The predicted octanol–water partition coefficient (Wildman–Crippen LogP) is 9.39. The number of carbonyl (C=O) groups is 2. The largest absolute Gasteiger partial charge is 0.496 e. The lowest BCUT2D eigenvalue weighted by molar-refractivity contribution is -0.119. The lowest BCUT2D eigenvalue weighted by Gasteiger charge is -2.15. The van der Waals surface area contributed by atoms with Crippen LogP contribution in [0.3, 0.4) is 0 Å². The minimum Gasteiger partial charge on any atom is -0.496 e. The van der Waals surface area contributed by atoms with E-state index in [9.17, 15) is 9.59 Å². The van der Waals surface area contributed by atoms with Crippen LogP contribution in [0.25, 0.3) is 21.6 Å². The Bertz CT molecular complexity index is 1510. The van der Waals surface area contributed by atoms with Crippen molar-refractivity contribution in [2.45, 2.75) is 38.2 Å². The van der Waals surface area contributed by atoms with E-state index < -0.39 is 12.2 Å².